The first-order chi connectivity index (χ1) is 7.85. The maximum absolute atomic E-state index is 8.70. The van der Waals surface area contributed by atoms with Crippen molar-refractivity contribution in [2.75, 3.05) is 18.0 Å². The number of rotatable bonds is 1. The van der Waals surface area contributed by atoms with E-state index in [2.05, 4.69) is 15.2 Å². The largest absolute Gasteiger partial charge is 0.367 e. The van der Waals surface area contributed by atoms with E-state index in [0.29, 0.717) is 17.8 Å². The molecule has 0 amide bonds. The van der Waals surface area contributed by atoms with Gasteiger partial charge in [-0.3, -0.25) is 0 Å². The molecular formula is C12H17Cl3N4. The van der Waals surface area contributed by atoms with Crippen LogP contribution in [0, 0.1) is 11.3 Å². The molecule has 19 heavy (non-hydrogen) atoms. The summed E-state index contributed by atoms with van der Waals surface area (Å²) in [7, 11) is 0. The SMILES string of the molecule is Cl.Cl.Cl.N#Cc1ccc(N2CC3CCC(C2)N3)cn1. The van der Waals surface area contributed by atoms with Crippen molar-refractivity contribution in [2.24, 2.45) is 0 Å². The number of piperazine rings is 1. The predicted molar refractivity (Wildman–Crippen MR) is 82.9 cm³/mol. The summed E-state index contributed by atoms with van der Waals surface area (Å²) >= 11 is 0. The molecule has 106 valence electrons. The third-order valence-corrected chi connectivity index (χ3v) is 3.44. The van der Waals surface area contributed by atoms with Gasteiger partial charge in [0.1, 0.15) is 11.8 Å². The van der Waals surface area contributed by atoms with Gasteiger partial charge in [-0.1, -0.05) is 0 Å². The summed E-state index contributed by atoms with van der Waals surface area (Å²) in [5, 5.41) is 12.3. The Hall–Kier alpha value is -0.730. The molecule has 0 aromatic carbocycles. The Morgan fingerprint density at radius 1 is 1.16 bits per heavy atom. The van der Waals surface area contributed by atoms with E-state index in [1.165, 1.54) is 12.8 Å². The van der Waals surface area contributed by atoms with E-state index in [1.54, 1.807) is 6.07 Å². The van der Waals surface area contributed by atoms with Gasteiger partial charge in [-0.25, -0.2) is 4.98 Å². The lowest BCUT2D eigenvalue weighted by molar-refractivity contribution is 0.465. The van der Waals surface area contributed by atoms with Crippen LogP contribution in [0.4, 0.5) is 5.69 Å². The molecule has 3 rings (SSSR count). The van der Waals surface area contributed by atoms with E-state index in [-0.39, 0.29) is 37.2 Å². The van der Waals surface area contributed by atoms with Crippen LogP contribution in [-0.2, 0) is 0 Å². The fourth-order valence-corrected chi connectivity index (χ4v) is 2.65. The highest BCUT2D eigenvalue weighted by Gasteiger charge is 2.32. The van der Waals surface area contributed by atoms with Gasteiger partial charge in [0, 0.05) is 25.2 Å². The fraction of sp³-hybridized carbons (Fsp3) is 0.500. The molecule has 2 unspecified atom stereocenters. The van der Waals surface area contributed by atoms with Crippen molar-refractivity contribution in [3.05, 3.63) is 24.0 Å². The summed E-state index contributed by atoms with van der Waals surface area (Å²) in [6, 6.07) is 7.10. The van der Waals surface area contributed by atoms with Crippen molar-refractivity contribution in [2.45, 2.75) is 24.9 Å². The molecule has 0 spiro atoms. The predicted octanol–water partition coefficient (Wildman–Crippen LogP) is 2.16. The van der Waals surface area contributed by atoms with Crippen LogP contribution in [0.15, 0.2) is 18.3 Å². The zero-order valence-corrected chi connectivity index (χ0v) is 12.7. The highest BCUT2D eigenvalue weighted by atomic mass is 35.5. The molecule has 2 aliphatic heterocycles. The van der Waals surface area contributed by atoms with Crippen molar-refractivity contribution in [3.63, 3.8) is 0 Å². The summed E-state index contributed by atoms with van der Waals surface area (Å²) in [6.07, 6.45) is 4.37. The first kappa shape index (κ1) is 18.3. The van der Waals surface area contributed by atoms with Crippen molar-refractivity contribution in [3.8, 4) is 6.07 Å². The molecule has 2 atom stereocenters. The minimum Gasteiger partial charge on any atom is -0.367 e. The molecule has 2 aliphatic rings. The van der Waals surface area contributed by atoms with Crippen LogP contribution in [0.3, 0.4) is 0 Å². The van der Waals surface area contributed by atoms with Gasteiger partial charge in [0.2, 0.25) is 0 Å². The second-order valence-corrected chi connectivity index (χ2v) is 4.56. The molecule has 0 aliphatic carbocycles. The van der Waals surface area contributed by atoms with E-state index >= 15 is 0 Å². The summed E-state index contributed by atoms with van der Waals surface area (Å²) in [4.78, 5) is 6.49. The highest BCUT2D eigenvalue weighted by molar-refractivity contribution is 5.86. The maximum atomic E-state index is 8.70. The number of hydrogen-bond acceptors (Lipinski definition) is 4. The van der Waals surface area contributed by atoms with Gasteiger partial charge in [0.15, 0.2) is 0 Å². The Labute approximate surface area is 131 Å². The van der Waals surface area contributed by atoms with Gasteiger partial charge in [-0.05, 0) is 25.0 Å². The van der Waals surface area contributed by atoms with E-state index in [1.807, 2.05) is 18.3 Å². The quantitative estimate of drug-likeness (QED) is 0.860. The van der Waals surface area contributed by atoms with Crippen LogP contribution in [0.5, 0.6) is 0 Å². The normalized spacial score (nSPS) is 23.4. The molecule has 1 aromatic heterocycles. The van der Waals surface area contributed by atoms with Crippen molar-refractivity contribution in [1.29, 1.82) is 5.26 Å². The Bertz CT molecular complexity index is 420. The summed E-state index contributed by atoms with van der Waals surface area (Å²) in [6.45, 7) is 2.12. The lowest BCUT2D eigenvalue weighted by Crippen LogP contribution is -2.51. The molecule has 1 aromatic rings. The van der Waals surface area contributed by atoms with Gasteiger partial charge < -0.3 is 10.2 Å². The van der Waals surface area contributed by atoms with Crippen LogP contribution >= 0.6 is 37.2 Å². The van der Waals surface area contributed by atoms with Crippen molar-refractivity contribution < 1.29 is 0 Å². The second-order valence-electron chi connectivity index (χ2n) is 4.56. The second kappa shape index (κ2) is 7.76. The topological polar surface area (TPSA) is 52.0 Å². The average Bonchev–Trinajstić information content (AvgIpc) is 2.68. The molecule has 0 saturated carbocycles. The highest BCUT2D eigenvalue weighted by Crippen LogP contribution is 2.24. The van der Waals surface area contributed by atoms with E-state index in [9.17, 15) is 0 Å². The number of aromatic nitrogens is 1. The van der Waals surface area contributed by atoms with Crippen molar-refractivity contribution in [1.82, 2.24) is 10.3 Å². The fourth-order valence-electron chi connectivity index (χ4n) is 2.65. The zero-order valence-electron chi connectivity index (χ0n) is 10.3. The zero-order chi connectivity index (χ0) is 11.0. The number of halogens is 3. The van der Waals surface area contributed by atoms with E-state index in [4.69, 9.17) is 5.26 Å². The molecule has 4 nitrogen and oxygen atoms in total. The standard InChI is InChI=1S/C12H14N4.3ClH/c13-5-9-3-4-12(6-14-9)16-7-10-1-2-11(8-16)15-10;;;/h3-4,6,10-11,15H,1-2,7-8H2;3*1H. The molecule has 1 N–H and O–H groups in total. The maximum Gasteiger partial charge on any atom is 0.140 e. The lowest BCUT2D eigenvalue weighted by Gasteiger charge is -2.34. The first-order valence-corrected chi connectivity index (χ1v) is 5.72. The monoisotopic (exact) mass is 322 g/mol. The molecule has 0 radical (unpaired) electrons. The number of nitrogens with one attached hydrogen (secondary N) is 1. The van der Waals surface area contributed by atoms with Crippen LogP contribution in [0.1, 0.15) is 18.5 Å². The Morgan fingerprint density at radius 2 is 1.79 bits per heavy atom. The van der Waals surface area contributed by atoms with Gasteiger partial charge in [0.05, 0.1) is 11.9 Å². The Balaban J connectivity index is 0.00000108. The molecule has 2 fully saturated rings. The molecule has 2 bridgehead atoms. The molecule has 3 heterocycles. The Kier molecular flexibility index (Phi) is 7.46. The summed E-state index contributed by atoms with van der Waals surface area (Å²) < 4.78 is 0. The third-order valence-electron chi connectivity index (χ3n) is 3.44. The van der Waals surface area contributed by atoms with E-state index in [0.717, 1.165) is 18.8 Å². The number of fused-ring (bicyclic) bond motifs is 2. The lowest BCUT2D eigenvalue weighted by atomic mass is 10.2. The molecule has 7 heteroatoms. The van der Waals surface area contributed by atoms with E-state index < -0.39 is 0 Å². The average molecular weight is 324 g/mol. The minimum absolute atomic E-state index is 0. The van der Waals surface area contributed by atoms with Crippen LogP contribution in [0.2, 0.25) is 0 Å². The smallest absolute Gasteiger partial charge is 0.140 e. The van der Waals surface area contributed by atoms with Gasteiger partial charge in [-0.15, -0.1) is 37.2 Å². The van der Waals surface area contributed by atoms with Crippen molar-refractivity contribution >= 4 is 42.9 Å². The van der Waals surface area contributed by atoms with Crippen LogP contribution < -0.4 is 10.2 Å². The third kappa shape index (κ3) is 3.87. The number of nitrogens with zero attached hydrogens (tertiary/aromatic N) is 3. The summed E-state index contributed by atoms with van der Waals surface area (Å²) in [5.74, 6) is 0. The number of anilines is 1. The van der Waals surface area contributed by atoms with Gasteiger partial charge in [-0.2, -0.15) is 5.26 Å². The van der Waals surface area contributed by atoms with Crippen LogP contribution in [-0.4, -0.2) is 30.2 Å². The van der Waals surface area contributed by atoms with Gasteiger partial charge in [0.25, 0.3) is 0 Å². The first-order valence-electron chi connectivity index (χ1n) is 5.72. The van der Waals surface area contributed by atoms with Gasteiger partial charge >= 0.3 is 0 Å². The Morgan fingerprint density at radius 3 is 2.26 bits per heavy atom. The summed E-state index contributed by atoms with van der Waals surface area (Å²) in [5.41, 5.74) is 1.62. The molecular weight excluding hydrogens is 307 g/mol. The van der Waals surface area contributed by atoms with Crippen LogP contribution in [0.25, 0.3) is 0 Å². The number of nitriles is 1. The molecule has 2 saturated heterocycles. The minimum atomic E-state index is 0. The number of pyridine rings is 1. The number of hydrogen-bond donors (Lipinski definition) is 1.